The van der Waals surface area contributed by atoms with E-state index in [1.807, 2.05) is 18.2 Å². The molecule has 1 aromatic carbocycles. The number of anilines is 1. The summed E-state index contributed by atoms with van der Waals surface area (Å²) in [5, 5.41) is 9.82. The highest BCUT2D eigenvalue weighted by atomic mass is 16.5. The molecule has 0 spiro atoms. The third-order valence-corrected chi connectivity index (χ3v) is 5.76. The predicted octanol–water partition coefficient (Wildman–Crippen LogP) is 2.59. The molecule has 0 atom stereocenters. The van der Waals surface area contributed by atoms with Crippen LogP contribution in [0.15, 0.2) is 29.3 Å². The van der Waals surface area contributed by atoms with Gasteiger partial charge in [0.05, 0.1) is 19.8 Å². The zero-order valence-corrected chi connectivity index (χ0v) is 18.3. The molecule has 0 aromatic heterocycles. The smallest absolute Gasteiger partial charge is 0.227 e. The maximum Gasteiger partial charge on any atom is 0.227 e. The van der Waals surface area contributed by atoms with Crippen molar-refractivity contribution in [2.75, 3.05) is 51.3 Å². The molecular formula is C23H37N5O2. The van der Waals surface area contributed by atoms with Crippen molar-refractivity contribution in [2.45, 2.75) is 45.6 Å². The van der Waals surface area contributed by atoms with Gasteiger partial charge in [-0.1, -0.05) is 31.4 Å². The maximum atomic E-state index is 12.5. The summed E-state index contributed by atoms with van der Waals surface area (Å²) in [6, 6.07) is 8.03. The molecule has 30 heavy (non-hydrogen) atoms. The Morgan fingerprint density at radius 2 is 1.97 bits per heavy atom. The SMILES string of the molecule is CCNC(=NCc1cccc(NC(=O)C2CCCCC2)c1)NCCN1CCOCC1. The molecule has 1 heterocycles. The average Bonchev–Trinajstić information content (AvgIpc) is 2.79. The minimum Gasteiger partial charge on any atom is -0.379 e. The number of ether oxygens (including phenoxy) is 1. The summed E-state index contributed by atoms with van der Waals surface area (Å²) >= 11 is 0. The molecule has 1 aliphatic heterocycles. The largest absolute Gasteiger partial charge is 0.379 e. The Bertz CT molecular complexity index is 682. The van der Waals surface area contributed by atoms with E-state index in [9.17, 15) is 4.79 Å². The molecular weight excluding hydrogens is 378 g/mol. The number of amides is 1. The van der Waals surface area contributed by atoms with E-state index in [1.165, 1.54) is 19.3 Å². The number of nitrogens with one attached hydrogen (secondary N) is 3. The molecule has 1 aromatic rings. The zero-order valence-electron chi connectivity index (χ0n) is 18.3. The summed E-state index contributed by atoms with van der Waals surface area (Å²) in [7, 11) is 0. The van der Waals surface area contributed by atoms with Crippen LogP contribution in [0.25, 0.3) is 0 Å². The van der Waals surface area contributed by atoms with Crippen molar-refractivity contribution in [1.82, 2.24) is 15.5 Å². The van der Waals surface area contributed by atoms with Crippen LogP contribution in [-0.2, 0) is 16.1 Å². The molecule has 7 nitrogen and oxygen atoms in total. The van der Waals surface area contributed by atoms with Gasteiger partial charge in [0, 0.05) is 44.3 Å². The average molecular weight is 416 g/mol. The van der Waals surface area contributed by atoms with Gasteiger partial charge in [-0.25, -0.2) is 4.99 Å². The molecule has 0 radical (unpaired) electrons. The van der Waals surface area contributed by atoms with Crippen molar-refractivity contribution in [2.24, 2.45) is 10.9 Å². The van der Waals surface area contributed by atoms with Crippen LogP contribution in [0.2, 0.25) is 0 Å². The third-order valence-electron chi connectivity index (χ3n) is 5.76. The van der Waals surface area contributed by atoms with Gasteiger partial charge in [0.2, 0.25) is 5.91 Å². The summed E-state index contributed by atoms with van der Waals surface area (Å²) in [5.41, 5.74) is 1.95. The van der Waals surface area contributed by atoms with E-state index in [0.717, 1.165) is 76.0 Å². The Morgan fingerprint density at radius 1 is 1.17 bits per heavy atom. The van der Waals surface area contributed by atoms with Crippen LogP contribution in [0.3, 0.4) is 0 Å². The fraction of sp³-hybridized carbons (Fsp3) is 0.652. The first kappa shape index (κ1) is 22.6. The van der Waals surface area contributed by atoms with E-state index < -0.39 is 0 Å². The molecule has 166 valence electrons. The summed E-state index contributed by atoms with van der Waals surface area (Å²) in [4.78, 5) is 19.6. The molecule has 2 fully saturated rings. The lowest BCUT2D eigenvalue weighted by Gasteiger charge is -2.26. The van der Waals surface area contributed by atoms with Crippen LogP contribution in [0, 0.1) is 5.92 Å². The molecule has 1 saturated carbocycles. The first-order valence-electron chi connectivity index (χ1n) is 11.5. The minimum absolute atomic E-state index is 0.161. The molecule has 0 unspecified atom stereocenters. The quantitative estimate of drug-likeness (QED) is 0.449. The molecule has 3 rings (SSSR count). The molecule has 0 bridgehead atoms. The molecule has 2 aliphatic rings. The maximum absolute atomic E-state index is 12.5. The fourth-order valence-corrected chi connectivity index (χ4v) is 4.03. The number of carbonyl (C=O) groups excluding carboxylic acids is 1. The number of hydrogen-bond acceptors (Lipinski definition) is 4. The second-order valence-electron chi connectivity index (χ2n) is 8.10. The molecule has 1 amide bonds. The second-order valence-corrected chi connectivity index (χ2v) is 8.10. The molecule has 1 aliphatic carbocycles. The lowest BCUT2D eigenvalue weighted by molar-refractivity contribution is -0.120. The van der Waals surface area contributed by atoms with E-state index in [0.29, 0.717) is 6.54 Å². The first-order chi connectivity index (χ1) is 14.7. The van der Waals surface area contributed by atoms with Gasteiger partial charge in [-0.2, -0.15) is 0 Å². The lowest BCUT2D eigenvalue weighted by atomic mass is 9.88. The summed E-state index contributed by atoms with van der Waals surface area (Å²) in [6.45, 7) is 8.92. The van der Waals surface area contributed by atoms with Crippen LogP contribution in [0.1, 0.15) is 44.6 Å². The van der Waals surface area contributed by atoms with Gasteiger partial charge < -0.3 is 20.7 Å². The van der Waals surface area contributed by atoms with Gasteiger partial charge in [-0.3, -0.25) is 9.69 Å². The van der Waals surface area contributed by atoms with Gasteiger partial charge in [0.1, 0.15) is 0 Å². The Hall–Kier alpha value is -2.12. The van der Waals surface area contributed by atoms with E-state index >= 15 is 0 Å². The van der Waals surface area contributed by atoms with Gasteiger partial charge in [0.25, 0.3) is 0 Å². The Labute approximate surface area is 180 Å². The van der Waals surface area contributed by atoms with Crippen molar-refractivity contribution in [3.8, 4) is 0 Å². The molecule has 1 saturated heterocycles. The number of benzene rings is 1. The van der Waals surface area contributed by atoms with E-state index in [2.05, 4.69) is 33.8 Å². The number of nitrogens with zero attached hydrogens (tertiary/aromatic N) is 2. The van der Waals surface area contributed by atoms with Crippen molar-refractivity contribution in [3.63, 3.8) is 0 Å². The van der Waals surface area contributed by atoms with Crippen molar-refractivity contribution in [3.05, 3.63) is 29.8 Å². The number of carbonyl (C=O) groups is 1. The van der Waals surface area contributed by atoms with E-state index in [1.54, 1.807) is 0 Å². The van der Waals surface area contributed by atoms with Crippen LogP contribution in [-0.4, -0.2) is 62.7 Å². The van der Waals surface area contributed by atoms with E-state index in [-0.39, 0.29) is 11.8 Å². The number of aliphatic imine (C=N–C) groups is 1. The summed E-state index contributed by atoms with van der Waals surface area (Å²) in [6.07, 6.45) is 5.61. The fourth-order valence-electron chi connectivity index (χ4n) is 4.03. The minimum atomic E-state index is 0.161. The van der Waals surface area contributed by atoms with Gasteiger partial charge in [-0.05, 0) is 37.5 Å². The van der Waals surface area contributed by atoms with E-state index in [4.69, 9.17) is 9.73 Å². The zero-order chi connectivity index (χ0) is 21.0. The summed E-state index contributed by atoms with van der Waals surface area (Å²) < 4.78 is 5.40. The highest BCUT2D eigenvalue weighted by Crippen LogP contribution is 2.25. The van der Waals surface area contributed by atoms with Crippen molar-refractivity contribution < 1.29 is 9.53 Å². The highest BCUT2D eigenvalue weighted by Gasteiger charge is 2.21. The molecule has 3 N–H and O–H groups in total. The number of morpholine rings is 1. The first-order valence-corrected chi connectivity index (χ1v) is 11.5. The topological polar surface area (TPSA) is 78.0 Å². The van der Waals surface area contributed by atoms with Crippen LogP contribution in [0.4, 0.5) is 5.69 Å². The lowest BCUT2D eigenvalue weighted by Crippen LogP contribution is -2.44. The highest BCUT2D eigenvalue weighted by molar-refractivity contribution is 5.92. The van der Waals surface area contributed by atoms with Crippen LogP contribution < -0.4 is 16.0 Å². The number of guanidine groups is 1. The predicted molar refractivity (Wildman–Crippen MR) is 122 cm³/mol. The van der Waals surface area contributed by atoms with Gasteiger partial charge in [0.15, 0.2) is 5.96 Å². The monoisotopic (exact) mass is 415 g/mol. The Balaban J connectivity index is 1.49. The van der Waals surface area contributed by atoms with Crippen LogP contribution >= 0.6 is 0 Å². The normalized spacial score (nSPS) is 18.8. The number of rotatable bonds is 8. The summed E-state index contributed by atoms with van der Waals surface area (Å²) in [5.74, 6) is 1.15. The van der Waals surface area contributed by atoms with Crippen LogP contribution in [0.5, 0.6) is 0 Å². The second kappa shape index (κ2) is 12.5. The number of hydrogen-bond donors (Lipinski definition) is 3. The van der Waals surface area contributed by atoms with Crippen molar-refractivity contribution >= 4 is 17.6 Å². The Kier molecular flexibility index (Phi) is 9.44. The van der Waals surface area contributed by atoms with Crippen molar-refractivity contribution in [1.29, 1.82) is 0 Å². The third kappa shape index (κ3) is 7.61. The standard InChI is InChI=1S/C23H37N5O2/c1-2-24-23(25-11-12-28-13-15-30-16-14-28)26-18-19-7-6-10-21(17-19)27-22(29)20-8-4-3-5-9-20/h6-7,10,17,20H,2-5,8-9,11-16,18H2,1H3,(H,27,29)(H2,24,25,26). The van der Waals surface area contributed by atoms with Gasteiger partial charge in [-0.15, -0.1) is 0 Å². The van der Waals surface area contributed by atoms with Gasteiger partial charge >= 0.3 is 0 Å². The Morgan fingerprint density at radius 3 is 2.73 bits per heavy atom. The molecule has 7 heteroatoms.